The molecule has 1 aliphatic rings. The minimum absolute atomic E-state index is 0.220. The minimum atomic E-state index is 0.220. The van der Waals surface area contributed by atoms with Crippen LogP contribution in [0.2, 0.25) is 0 Å². The first-order valence-electron chi connectivity index (χ1n) is 4.36. The highest BCUT2D eigenvalue weighted by atomic mass is 32.2. The van der Waals surface area contributed by atoms with Crippen molar-refractivity contribution in [1.82, 2.24) is 0 Å². The summed E-state index contributed by atoms with van der Waals surface area (Å²) in [6.07, 6.45) is 5.37. The molecule has 11 heavy (non-hydrogen) atoms. The van der Waals surface area contributed by atoms with Crippen molar-refractivity contribution in [3.8, 4) is 0 Å². The van der Waals surface area contributed by atoms with Crippen molar-refractivity contribution in [2.45, 2.75) is 50.0 Å². The molecule has 2 heteroatoms. The van der Waals surface area contributed by atoms with E-state index in [1.54, 1.807) is 6.92 Å². The Balaban J connectivity index is 2.23. The molecule has 0 N–H and O–H groups in total. The zero-order chi connectivity index (χ0) is 8.27. The second-order valence-corrected chi connectivity index (χ2v) is 4.94. The SMILES string of the molecule is CC(=O)C(C)SC1CCCC1. The highest BCUT2D eigenvalue weighted by Crippen LogP contribution is 2.32. The predicted octanol–water partition coefficient (Wildman–Crippen LogP) is 2.64. The number of rotatable bonds is 3. The maximum Gasteiger partial charge on any atom is 0.142 e. The van der Waals surface area contributed by atoms with Gasteiger partial charge in [-0.3, -0.25) is 4.79 Å². The molecule has 0 aliphatic heterocycles. The van der Waals surface area contributed by atoms with Crippen molar-refractivity contribution < 1.29 is 4.79 Å². The lowest BCUT2D eigenvalue weighted by Crippen LogP contribution is -2.12. The Morgan fingerprint density at radius 2 is 2.00 bits per heavy atom. The van der Waals surface area contributed by atoms with E-state index in [2.05, 4.69) is 0 Å². The summed E-state index contributed by atoms with van der Waals surface area (Å²) in [5, 5.41) is 0.993. The summed E-state index contributed by atoms with van der Waals surface area (Å²) in [6, 6.07) is 0. The molecule has 64 valence electrons. The molecule has 0 radical (unpaired) electrons. The van der Waals surface area contributed by atoms with Crippen LogP contribution < -0.4 is 0 Å². The Bertz CT molecular complexity index is 138. The highest BCUT2D eigenvalue weighted by Gasteiger charge is 2.19. The first-order chi connectivity index (χ1) is 5.20. The third-order valence-corrected chi connectivity index (χ3v) is 3.87. The van der Waals surface area contributed by atoms with Gasteiger partial charge in [-0.1, -0.05) is 12.8 Å². The first-order valence-corrected chi connectivity index (χ1v) is 5.30. The molecule has 1 fully saturated rings. The normalized spacial score (nSPS) is 22.0. The molecular formula is C9H16OS. The van der Waals surface area contributed by atoms with E-state index >= 15 is 0 Å². The maximum atomic E-state index is 10.9. The smallest absolute Gasteiger partial charge is 0.142 e. The lowest BCUT2D eigenvalue weighted by Gasteiger charge is -2.12. The van der Waals surface area contributed by atoms with Crippen molar-refractivity contribution in [2.24, 2.45) is 0 Å². The fourth-order valence-corrected chi connectivity index (χ4v) is 2.78. The van der Waals surface area contributed by atoms with Gasteiger partial charge in [0.2, 0.25) is 0 Å². The summed E-state index contributed by atoms with van der Waals surface area (Å²) in [4.78, 5) is 10.9. The first kappa shape index (κ1) is 9.11. The quantitative estimate of drug-likeness (QED) is 0.651. The summed E-state index contributed by atoms with van der Waals surface area (Å²) in [6.45, 7) is 3.71. The second kappa shape index (κ2) is 4.15. The average Bonchev–Trinajstić information content (AvgIpc) is 2.39. The summed E-state index contributed by atoms with van der Waals surface area (Å²) < 4.78 is 0. The largest absolute Gasteiger partial charge is 0.299 e. The molecule has 0 aromatic rings. The lowest BCUT2D eigenvalue weighted by molar-refractivity contribution is -0.116. The number of carbonyl (C=O) groups is 1. The predicted molar refractivity (Wildman–Crippen MR) is 50.0 cm³/mol. The average molecular weight is 172 g/mol. The van der Waals surface area contributed by atoms with Gasteiger partial charge in [0, 0.05) is 5.25 Å². The molecule has 1 nitrogen and oxygen atoms in total. The molecule has 0 aromatic carbocycles. The van der Waals surface area contributed by atoms with Crippen molar-refractivity contribution in [1.29, 1.82) is 0 Å². The molecule has 0 amide bonds. The Morgan fingerprint density at radius 1 is 1.45 bits per heavy atom. The highest BCUT2D eigenvalue weighted by molar-refractivity contribution is 8.01. The Morgan fingerprint density at radius 3 is 2.45 bits per heavy atom. The van der Waals surface area contributed by atoms with Crippen molar-refractivity contribution in [2.75, 3.05) is 0 Å². The van der Waals surface area contributed by atoms with Gasteiger partial charge in [-0.2, -0.15) is 0 Å². The Labute approximate surface area is 72.9 Å². The van der Waals surface area contributed by atoms with Crippen molar-refractivity contribution in [3.05, 3.63) is 0 Å². The summed E-state index contributed by atoms with van der Waals surface area (Å²) in [5.74, 6) is 0.321. The molecule has 0 spiro atoms. The number of carbonyl (C=O) groups excluding carboxylic acids is 1. The van der Waals surface area contributed by atoms with Gasteiger partial charge in [-0.05, 0) is 26.7 Å². The molecule has 1 atom stereocenters. The summed E-state index contributed by atoms with van der Waals surface area (Å²) >= 11 is 1.87. The van der Waals surface area contributed by atoms with Crippen LogP contribution in [-0.2, 0) is 4.79 Å². The van der Waals surface area contributed by atoms with Gasteiger partial charge in [0.15, 0.2) is 0 Å². The van der Waals surface area contributed by atoms with E-state index in [1.807, 2.05) is 18.7 Å². The van der Waals surface area contributed by atoms with E-state index in [1.165, 1.54) is 25.7 Å². The van der Waals surface area contributed by atoms with E-state index in [9.17, 15) is 4.79 Å². The van der Waals surface area contributed by atoms with Crippen LogP contribution in [0.5, 0.6) is 0 Å². The van der Waals surface area contributed by atoms with E-state index < -0.39 is 0 Å². The van der Waals surface area contributed by atoms with Gasteiger partial charge in [-0.15, -0.1) is 11.8 Å². The topological polar surface area (TPSA) is 17.1 Å². The van der Waals surface area contributed by atoms with Crippen molar-refractivity contribution in [3.63, 3.8) is 0 Å². The van der Waals surface area contributed by atoms with Crippen LogP contribution in [0.4, 0.5) is 0 Å². The van der Waals surface area contributed by atoms with Crippen molar-refractivity contribution >= 4 is 17.5 Å². The number of thioether (sulfide) groups is 1. The molecule has 0 saturated heterocycles. The molecular weight excluding hydrogens is 156 g/mol. The fraction of sp³-hybridized carbons (Fsp3) is 0.889. The van der Waals surface area contributed by atoms with E-state index in [4.69, 9.17) is 0 Å². The molecule has 1 unspecified atom stereocenters. The Hall–Kier alpha value is 0.0200. The number of Topliss-reactive ketones (excluding diaryl/α,β-unsaturated/α-hetero) is 1. The van der Waals surface area contributed by atoms with Crippen LogP contribution in [0, 0.1) is 0 Å². The van der Waals surface area contributed by atoms with Gasteiger partial charge in [0.25, 0.3) is 0 Å². The minimum Gasteiger partial charge on any atom is -0.299 e. The van der Waals surface area contributed by atoms with Crippen LogP contribution in [0.3, 0.4) is 0 Å². The van der Waals surface area contributed by atoms with Gasteiger partial charge in [-0.25, -0.2) is 0 Å². The molecule has 1 rings (SSSR count). The van der Waals surface area contributed by atoms with Crippen LogP contribution in [0.25, 0.3) is 0 Å². The molecule has 1 saturated carbocycles. The number of hydrogen-bond acceptors (Lipinski definition) is 2. The van der Waals surface area contributed by atoms with Crippen LogP contribution >= 0.6 is 11.8 Å². The number of hydrogen-bond donors (Lipinski definition) is 0. The van der Waals surface area contributed by atoms with E-state index in [-0.39, 0.29) is 5.25 Å². The summed E-state index contributed by atoms with van der Waals surface area (Å²) in [5.41, 5.74) is 0. The molecule has 0 heterocycles. The second-order valence-electron chi connectivity index (χ2n) is 3.30. The van der Waals surface area contributed by atoms with Crippen LogP contribution in [0.15, 0.2) is 0 Å². The zero-order valence-electron chi connectivity index (χ0n) is 7.30. The van der Waals surface area contributed by atoms with Gasteiger partial charge >= 0.3 is 0 Å². The standard InChI is InChI=1S/C9H16OS/c1-7(10)8(2)11-9-5-3-4-6-9/h8-9H,3-6H2,1-2H3. The monoisotopic (exact) mass is 172 g/mol. The lowest BCUT2D eigenvalue weighted by atomic mass is 10.3. The van der Waals surface area contributed by atoms with E-state index in [0.29, 0.717) is 5.78 Å². The fourth-order valence-electron chi connectivity index (χ4n) is 1.41. The number of ketones is 1. The summed E-state index contributed by atoms with van der Waals surface area (Å²) in [7, 11) is 0. The molecule has 0 aromatic heterocycles. The Kier molecular flexibility index (Phi) is 3.44. The zero-order valence-corrected chi connectivity index (χ0v) is 8.12. The van der Waals surface area contributed by atoms with Gasteiger partial charge in [0.1, 0.15) is 5.78 Å². The van der Waals surface area contributed by atoms with Gasteiger partial charge in [0.05, 0.1) is 5.25 Å². The van der Waals surface area contributed by atoms with Crippen LogP contribution in [-0.4, -0.2) is 16.3 Å². The molecule has 0 bridgehead atoms. The van der Waals surface area contributed by atoms with Gasteiger partial charge < -0.3 is 0 Å². The third kappa shape index (κ3) is 2.86. The van der Waals surface area contributed by atoms with Crippen LogP contribution in [0.1, 0.15) is 39.5 Å². The molecule has 1 aliphatic carbocycles. The maximum absolute atomic E-state index is 10.9. The van der Waals surface area contributed by atoms with E-state index in [0.717, 1.165) is 5.25 Å². The third-order valence-electron chi connectivity index (χ3n) is 2.27.